The van der Waals surface area contributed by atoms with E-state index in [2.05, 4.69) is 5.32 Å². The molecule has 1 N–H and O–H groups in total. The normalized spacial score (nSPS) is 19.0. The van der Waals surface area contributed by atoms with E-state index in [0.717, 1.165) is 16.7 Å². The fraction of sp³-hybridized carbons (Fsp3) is 0.179. The van der Waals surface area contributed by atoms with E-state index in [1.54, 1.807) is 48.5 Å². The smallest absolute Gasteiger partial charge is 0.269 e. The first kappa shape index (κ1) is 23.2. The summed E-state index contributed by atoms with van der Waals surface area (Å²) < 4.78 is 0. The van der Waals surface area contributed by atoms with E-state index >= 15 is 0 Å². The molecule has 5 rings (SSSR count). The van der Waals surface area contributed by atoms with Crippen LogP contribution in [-0.4, -0.2) is 22.6 Å². The van der Waals surface area contributed by atoms with Crippen molar-refractivity contribution < 1.29 is 19.3 Å². The van der Waals surface area contributed by atoms with Crippen molar-refractivity contribution in [2.45, 2.75) is 19.8 Å². The summed E-state index contributed by atoms with van der Waals surface area (Å²) in [5.74, 6) is -1.47. The molecule has 3 aromatic carbocycles. The number of rotatable bonds is 5. The van der Waals surface area contributed by atoms with Crippen LogP contribution in [0.1, 0.15) is 30.1 Å². The zero-order valence-electron chi connectivity index (χ0n) is 19.5. The van der Waals surface area contributed by atoms with Gasteiger partial charge in [-0.3, -0.25) is 29.4 Å². The summed E-state index contributed by atoms with van der Waals surface area (Å²) in [5.41, 5.74) is 4.10. The van der Waals surface area contributed by atoms with Crippen LogP contribution in [0.25, 0.3) is 11.1 Å². The molecule has 3 aromatic rings. The van der Waals surface area contributed by atoms with E-state index in [9.17, 15) is 24.5 Å². The number of nitrogens with one attached hydrogen (secondary N) is 1. The molecule has 2 atom stereocenters. The molecule has 1 aliphatic carbocycles. The molecule has 2 aliphatic rings. The maximum Gasteiger partial charge on any atom is 0.269 e. The fourth-order valence-corrected chi connectivity index (χ4v) is 4.80. The first-order valence-electron chi connectivity index (χ1n) is 11.6. The molecule has 1 saturated heterocycles. The van der Waals surface area contributed by atoms with E-state index in [4.69, 9.17) is 0 Å². The Labute approximate surface area is 207 Å². The Morgan fingerprint density at radius 3 is 2.25 bits per heavy atom. The molecule has 0 saturated carbocycles. The van der Waals surface area contributed by atoms with Crippen molar-refractivity contribution in [2.75, 3.05) is 10.2 Å². The number of hydrogen-bond donors (Lipinski definition) is 1. The van der Waals surface area contributed by atoms with Gasteiger partial charge in [0.1, 0.15) is 0 Å². The standard InChI is InChI=1S/C28H23N3O5/c1-17-5-14-24-25(15-17)28(34)30(27(24)33)23-4-2-3-20(16-23)26(32)29-21-10-6-18(7-11-21)19-8-12-22(13-9-19)31(35)36/h2-13,16,24-25H,14-15H2,1H3,(H,29,32)/t24-,25-/m0/s1. The number of fused-ring (bicyclic) bond motifs is 1. The summed E-state index contributed by atoms with van der Waals surface area (Å²) in [6, 6.07) is 19.9. The quantitative estimate of drug-likeness (QED) is 0.228. The number of imide groups is 1. The van der Waals surface area contributed by atoms with E-state index in [-0.39, 0.29) is 35.2 Å². The Morgan fingerprint density at radius 2 is 1.58 bits per heavy atom. The van der Waals surface area contributed by atoms with E-state index in [1.165, 1.54) is 17.0 Å². The van der Waals surface area contributed by atoms with E-state index < -0.39 is 4.92 Å². The first-order valence-corrected chi connectivity index (χ1v) is 11.6. The molecular weight excluding hydrogens is 458 g/mol. The van der Waals surface area contributed by atoms with Gasteiger partial charge >= 0.3 is 0 Å². The zero-order chi connectivity index (χ0) is 25.4. The zero-order valence-corrected chi connectivity index (χ0v) is 19.5. The third-order valence-electron chi connectivity index (χ3n) is 6.74. The molecular formula is C28H23N3O5. The minimum absolute atomic E-state index is 0.0211. The molecule has 0 radical (unpaired) electrons. The number of nitro groups is 1. The van der Waals surface area contributed by atoms with Gasteiger partial charge in [0.2, 0.25) is 11.8 Å². The lowest BCUT2D eigenvalue weighted by Gasteiger charge is -2.18. The Bertz CT molecular complexity index is 1410. The molecule has 0 aromatic heterocycles. The van der Waals surface area contributed by atoms with Gasteiger partial charge in [-0.2, -0.15) is 0 Å². The van der Waals surface area contributed by atoms with Gasteiger partial charge in [0.15, 0.2) is 0 Å². The van der Waals surface area contributed by atoms with Crippen molar-refractivity contribution >= 4 is 34.8 Å². The number of anilines is 2. The molecule has 36 heavy (non-hydrogen) atoms. The Hall–Kier alpha value is -4.59. The second-order valence-corrected chi connectivity index (χ2v) is 9.10. The summed E-state index contributed by atoms with van der Waals surface area (Å²) in [6.45, 7) is 1.97. The van der Waals surface area contributed by atoms with Crippen LogP contribution >= 0.6 is 0 Å². The van der Waals surface area contributed by atoms with Gasteiger partial charge in [-0.1, -0.05) is 29.8 Å². The number of benzene rings is 3. The van der Waals surface area contributed by atoms with Gasteiger partial charge in [-0.15, -0.1) is 0 Å². The number of amides is 3. The highest BCUT2D eigenvalue weighted by molar-refractivity contribution is 6.22. The monoisotopic (exact) mass is 481 g/mol. The van der Waals surface area contributed by atoms with Crippen molar-refractivity contribution in [3.05, 3.63) is 100 Å². The third kappa shape index (κ3) is 4.29. The van der Waals surface area contributed by atoms with Crippen molar-refractivity contribution in [3.63, 3.8) is 0 Å². The van der Waals surface area contributed by atoms with Gasteiger partial charge in [-0.05, 0) is 73.4 Å². The summed E-state index contributed by atoms with van der Waals surface area (Å²) in [6.07, 6.45) is 3.17. The van der Waals surface area contributed by atoms with Crippen LogP contribution in [-0.2, 0) is 9.59 Å². The maximum atomic E-state index is 13.0. The number of carbonyl (C=O) groups is 3. The Kier molecular flexibility index (Phi) is 5.93. The van der Waals surface area contributed by atoms with Gasteiger partial charge in [0.05, 0.1) is 22.4 Å². The van der Waals surface area contributed by atoms with E-state index in [0.29, 0.717) is 29.8 Å². The van der Waals surface area contributed by atoms with Crippen LogP contribution in [0.3, 0.4) is 0 Å². The predicted molar refractivity (Wildman–Crippen MR) is 135 cm³/mol. The molecule has 1 aliphatic heterocycles. The average molecular weight is 482 g/mol. The van der Waals surface area contributed by atoms with Crippen LogP contribution in [0.5, 0.6) is 0 Å². The SMILES string of the molecule is CC1=CC[C@@H]2C(=O)N(c3cccc(C(=O)Nc4ccc(-c5ccc([N+](=O)[O-])cc5)cc4)c3)C(=O)[C@H]2C1. The van der Waals surface area contributed by atoms with Crippen LogP contribution in [0.2, 0.25) is 0 Å². The number of carbonyl (C=O) groups excluding carboxylic acids is 3. The number of non-ortho nitro benzene ring substituents is 1. The molecule has 0 spiro atoms. The predicted octanol–water partition coefficient (Wildman–Crippen LogP) is 5.36. The summed E-state index contributed by atoms with van der Waals surface area (Å²) in [7, 11) is 0. The largest absolute Gasteiger partial charge is 0.322 e. The number of nitro benzene ring substituents is 1. The number of nitrogens with zero attached hydrogens (tertiary/aromatic N) is 2. The van der Waals surface area contributed by atoms with Crippen molar-refractivity contribution in [2.24, 2.45) is 11.8 Å². The maximum absolute atomic E-state index is 13.0. The van der Waals surface area contributed by atoms with Gasteiger partial charge in [0.25, 0.3) is 11.6 Å². The minimum atomic E-state index is -0.446. The highest BCUT2D eigenvalue weighted by Crippen LogP contribution is 2.39. The fourth-order valence-electron chi connectivity index (χ4n) is 4.80. The molecule has 8 heteroatoms. The summed E-state index contributed by atoms with van der Waals surface area (Å²) in [5, 5.41) is 13.7. The van der Waals surface area contributed by atoms with Crippen molar-refractivity contribution in [1.82, 2.24) is 0 Å². The van der Waals surface area contributed by atoms with E-state index in [1.807, 2.05) is 25.1 Å². The van der Waals surface area contributed by atoms with Crippen LogP contribution in [0, 0.1) is 22.0 Å². The Balaban J connectivity index is 1.30. The van der Waals surface area contributed by atoms with Crippen LogP contribution in [0.15, 0.2) is 84.4 Å². The van der Waals surface area contributed by atoms with Crippen LogP contribution < -0.4 is 10.2 Å². The topological polar surface area (TPSA) is 110 Å². The lowest BCUT2D eigenvalue weighted by molar-refractivity contribution is -0.384. The highest BCUT2D eigenvalue weighted by Gasteiger charge is 2.48. The third-order valence-corrected chi connectivity index (χ3v) is 6.74. The number of allylic oxidation sites excluding steroid dienone is 2. The summed E-state index contributed by atoms with van der Waals surface area (Å²) in [4.78, 5) is 50.5. The lowest BCUT2D eigenvalue weighted by Crippen LogP contribution is -2.31. The second kappa shape index (κ2) is 9.22. The molecule has 1 heterocycles. The minimum Gasteiger partial charge on any atom is -0.322 e. The Morgan fingerprint density at radius 1 is 0.944 bits per heavy atom. The molecule has 3 amide bonds. The molecule has 180 valence electrons. The van der Waals surface area contributed by atoms with Gasteiger partial charge in [0, 0.05) is 23.4 Å². The molecule has 0 bridgehead atoms. The average Bonchev–Trinajstić information content (AvgIpc) is 3.13. The van der Waals surface area contributed by atoms with Gasteiger partial charge in [-0.25, -0.2) is 0 Å². The molecule has 0 unspecified atom stereocenters. The summed E-state index contributed by atoms with van der Waals surface area (Å²) >= 11 is 0. The van der Waals surface area contributed by atoms with Crippen molar-refractivity contribution in [1.29, 1.82) is 0 Å². The molecule has 8 nitrogen and oxygen atoms in total. The first-order chi connectivity index (χ1) is 17.3. The number of hydrogen-bond acceptors (Lipinski definition) is 5. The highest BCUT2D eigenvalue weighted by atomic mass is 16.6. The van der Waals surface area contributed by atoms with Gasteiger partial charge < -0.3 is 5.32 Å². The van der Waals surface area contributed by atoms with Crippen molar-refractivity contribution in [3.8, 4) is 11.1 Å². The van der Waals surface area contributed by atoms with Crippen LogP contribution in [0.4, 0.5) is 17.1 Å². The lowest BCUT2D eigenvalue weighted by atomic mass is 9.82. The molecule has 1 fully saturated rings. The second-order valence-electron chi connectivity index (χ2n) is 9.10.